The summed E-state index contributed by atoms with van der Waals surface area (Å²) in [6.07, 6.45) is 4.14. The number of methoxy groups -OCH3 is 1. The van der Waals surface area contributed by atoms with Crippen LogP contribution in [0.15, 0.2) is 24.3 Å². The van der Waals surface area contributed by atoms with Crippen LogP contribution in [0.25, 0.3) is 0 Å². The van der Waals surface area contributed by atoms with Crippen LogP contribution < -0.4 is 10.1 Å². The van der Waals surface area contributed by atoms with Crippen LogP contribution >= 0.6 is 0 Å². The van der Waals surface area contributed by atoms with E-state index in [2.05, 4.69) is 19.2 Å². The van der Waals surface area contributed by atoms with Gasteiger partial charge in [-0.2, -0.15) is 0 Å². The molecule has 0 aliphatic carbocycles. The number of aliphatic hydroxyl groups is 1. The van der Waals surface area contributed by atoms with Gasteiger partial charge in [0.15, 0.2) is 0 Å². The molecule has 0 fully saturated rings. The summed E-state index contributed by atoms with van der Waals surface area (Å²) in [5.74, 6) is 0.832. The van der Waals surface area contributed by atoms with E-state index in [-0.39, 0.29) is 12.1 Å². The second-order valence-electron chi connectivity index (χ2n) is 4.75. The molecule has 2 N–H and O–H groups in total. The number of ether oxygens (including phenoxy) is 1. The highest BCUT2D eigenvalue weighted by molar-refractivity contribution is 5.50. The van der Waals surface area contributed by atoms with Gasteiger partial charge in [0.25, 0.3) is 0 Å². The summed E-state index contributed by atoms with van der Waals surface area (Å²) in [6.45, 7) is 4.43. The Labute approximate surface area is 110 Å². The van der Waals surface area contributed by atoms with Crippen molar-refractivity contribution in [3.63, 3.8) is 0 Å². The van der Waals surface area contributed by atoms with Gasteiger partial charge in [0.05, 0.1) is 19.3 Å². The van der Waals surface area contributed by atoms with Crippen molar-refractivity contribution in [2.24, 2.45) is 0 Å². The number of rotatable bonds is 8. The zero-order valence-corrected chi connectivity index (χ0v) is 11.7. The number of benzene rings is 1. The van der Waals surface area contributed by atoms with E-state index in [1.807, 2.05) is 24.3 Å². The van der Waals surface area contributed by atoms with Gasteiger partial charge in [-0.1, -0.05) is 32.8 Å². The Morgan fingerprint density at radius 2 is 2.11 bits per heavy atom. The summed E-state index contributed by atoms with van der Waals surface area (Å²) >= 11 is 0. The van der Waals surface area contributed by atoms with E-state index in [0.717, 1.165) is 37.1 Å². The predicted octanol–water partition coefficient (Wildman–Crippen LogP) is 3.44. The van der Waals surface area contributed by atoms with E-state index in [1.165, 1.54) is 0 Å². The lowest BCUT2D eigenvalue weighted by Gasteiger charge is -2.33. The third-order valence-corrected chi connectivity index (χ3v) is 3.47. The molecule has 0 amide bonds. The van der Waals surface area contributed by atoms with Crippen molar-refractivity contribution in [3.05, 3.63) is 24.3 Å². The van der Waals surface area contributed by atoms with Crippen LogP contribution in [0.5, 0.6) is 5.75 Å². The third kappa shape index (κ3) is 3.91. The van der Waals surface area contributed by atoms with Gasteiger partial charge in [-0.05, 0) is 25.0 Å². The van der Waals surface area contributed by atoms with Gasteiger partial charge in [0, 0.05) is 11.8 Å². The van der Waals surface area contributed by atoms with Crippen molar-refractivity contribution in [3.8, 4) is 5.75 Å². The Hall–Kier alpha value is -1.22. The smallest absolute Gasteiger partial charge is 0.120 e. The molecule has 0 saturated carbocycles. The molecule has 1 rings (SSSR count). The van der Waals surface area contributed by atoms with Gasteiger partial charge < -0.3 is 15.2 Å². The molecule has 18 heavy (non-hydrogen) atoms. The van der Waals surface area contributed by atoms with Crippen LogP contribution in [0, 0.1) is 0 Å². The fraction of sp³-hybridized carbons (Fsp3) is 0.600. The van der Waals surface area contributed by atoms with E-state index in [4.69, 9.17) is 4.74 Å². The van der Waals surface area contributed by atoms with Crippen LogP contribution in [-0.2, 0) is 0 Å². The molecule has 0 aromatic heterocycles. The predicted molar refractivity (Wildman–Crippen MR) is 76.2 cm³/mol. The summed E-state index contributed by atoms with van der Waals surface area (Å²) < 4.78 is 5.22. The number of hydrogen-bond donors (Lipinski definition) is 2. The van der Waals surface area contributed by atoms with Gasteiger partial charge in [0.1, 0.15) is 5.75 Å². The largest absolute Gasteiger partial charge is 0.497 e. The number of aliphatic hydroxyl groups excluding tert-OH is 1. The fourth-order valence-corrected chi connectivity index (χ4v) is 2.08. The van der Waals surface area contributed by atoms with Crippen molar-refractivity contribution in [2.75, 3.05) is 19.0 Å². The molecule has 3 nitrogen and oxygen atoms in total. The quantitative estimate of drug-likeness (QED) is 0.743. The van der Waals surface area contributed by atoms with Crippen molar-refractivity contribution in [1.29, 1.82) is 0 Å². The average molecular weight is 251 g/mol. The van der Waals surface area contributed by atoms with Crippen molar-refractivity contribution in [2.45, 2.75) is 45.1 Å². The average Bonchev–Trinajstić information content (AvgIpc) is 2.44. The van der Waals surface area contributed by atoms with Gasteiger partial charge >= 0.3 is 0 Å². The van der Waals surface area contributed by atoms with Crippen molar-refractivity contribution >= 4 is 5.69 Å². The number of nitrogens with one attached hydrogen (secondary N) is 1. The minimum atomic E-state index is -0.220. The first-order valence-corrected chi connectivity index (χ1v) is 6.72. The molecule has 3 heteroatoms. The first-order chi connectivity index (χ1) is 8.69. The molecule has 0 bridgehead atoms. The molecule has 0 spiro atoms. The summed E-state index contributed by atoms with van der Waals surface area (Å²) in [7, 11) is 1.66. The molecule has 0 heterocycles. The maximum Gasteiger partial charge on any atom is 0.120 e. The van der Waals surface area contributed by atoms with Crippen LogP contribution in [0.4, 0.5) is 5.69 Å². The third-order valence-electron chi connectivity index (χ3n) is 3.47. The van der Waals surface area contributed by atoms with Gasteiger partial charge in [-0.25, -0.2) is 0 Å². The summed E-state index contributed by atoms with van der Waals surface area (Å²) in [5.41, 5.74) is 0.781. The first kappa shape index (κ1) is 14.8. The molecule has 0 aliphatic heterocycles. The second-order valence-corrected chi connectivity index (χ2v) is 4.75. The Morgan fingerprint density at radius 1 is 1.33 bits per heavy atom. The fourth-order valence-electron chi connectivity index (χ4n) is 2.08. The lowest BCUT2D eigenvalue weighted by atomic mass is 9.90. The van der Waals surface area contributed by atoms with Gasteiger partial charge in [-0.15, -0.1) is 0 Å². The highest BCUT2D eigenvalue weighted by Crippen LogP contribution is 2.26. The number of unbranched alkanes of at least 4 members (excludes halogenated alkanes) is 1. The van der Waals surface area contributed by atoms with Crippen LogP contribution in [0.2, 0.25) is 0 Å². The minimum Gasteiger partial charge on any atom is -0.497 e. The maximum absolute atomic E-state index is 9.70. The number of anilines is 1. The maximum atomic E-state index is 9.70. The van der Waals surface area contributed by atoms with Crippen molar-refractivity contribution < 1.29 is 9.84 Å². The topological polar surface area (TPSA) is 41.5 Å². The summed E-state index contributed by atoms with van der Waals surface area (Å²) in [4.78, 5) is 0. The van der Waals surface area contributed by atoms with E-state index in [0.29, 0.717) is 0 Å². The zero-order valence-electron chi connectivity index (χ0n) is 11.7. The van der Waals surface area contributed by atoms with E-state index >= 15 is 0 Å². The Bertz CT molecular complexity index is 348. The first-order valence-electron chi connectivity index (χ1n) is 6.72. The Kier molecular flexibility index (Phi) is 5.99. The normalized spacial score (nSPS) is 14.0. The Balaban J connectivity index is 2.81. The molecule has 0 saturated heterocycles. The Morgan fingerprint density at radius 3 is 2.67 bits per heavy atom. The molecular formula is C15H25NO2. The van der Waals surface area contributed by atoms with Gasteiger partial charge in [-0.3, -0.25) is 0 Å². The molecular weight excluding hydrogens is 226 g/mol. The molecule has 1 aromatic carbocycles. The van der Waals surface area contributed by atoms with Crippen molar-refractivity contribution in [1.82, 2.24) is 0 Å². The highest BCUT2D eigenvalue weighted by atomic mass is 16.5. The monoisotopic (exact) mass is 251 g/mol. The van der Waals surface area contributed by atoms with Crippen LogP contribution in [-0.4, -0.2) is 24.4 Å². The minimum absolute atomic E-state index is 0.153. The lowest BCUT2D eigenvalue weighted by molar-refractivity contribution is 0.195. The lowest BCUT2D eigenvalue weighted by Crippen LogP contribution is -2.41. The molecule has 0 radical (unpaired) electrons. The van der Waals surface area contributed by atoms with E-state index in [9.17, 15) is 5.11 Å². The zero-order chi connectivity index (χ0) is 13.4. The van der Waals surface area contributed by atoms with E-state index in [1.54, 1.807) is 7.11 Å². The molecule has 1 unspecified atom stereocenters. The van der Waals surface area contributed by atoms with Crippen LogP contribution in [0.1, 0.15) is 39.5 Å². The van der Waals surface area contributed by atoms with Gasteiger partial charge in [0.2, 0.25) is 0 Å². The summed E-state index contributed by atoms with van der Waals surface area (Å²) in [5, 5.41) is 13.2. The molecule has 1 aromatic rings. The second kappa shape index (κ2) is 7.27. The number of hydrogen-bond acceptors (Lipinski definition) is 3. The molecule has 102 valence electrons. The highest BCUT2D eigenvalue weighted by Gasteiger charge is 2.26. The summed E-state index contributed by atoms with van der Waals surface area (Å²) in [6, 6.07) is 7.85. The molecule has 1 atom stereocenters. The van der Waals surface area contributed by atoms with Crippen LogP contribution in [0.3, 0.4) is 0 Å². The standard InChI is InChI=1S/C15H25NO2/c1-4-6-10-15(5-2,12-17)16-13-8-7-9-14(11-13)18-3/h7-9,11,16-17H,4-6,10,12H2,1-3H3. The SMILES string of the molecule is CCCCC(CC)(CO)Nc1cccc(OC)c1. The molecule has 0 aliphatic rings. The van der Waals surface area contributed by atoms with E-state index < -0.39 is 0 Å².